The minimum atomic E-state index is -3.25. The van der Waals surface area contributed by atoms with Crippen LogP contribution in [0.2, 0.25) is 0 Å². The van der Waals surface area contributed by atoms with Gasteiger partial charge in [-0.15, -0.1) is 0 Å². The van der Waals surface area contributed by atoms with Gasteiger partial charge in [0.25, 0.3) is 7.44 Å². The zero-order valence-corrected chi connectivity index (χ0v) is 13.7. The van der Waals surface area contributed by atoms with E-state index in [-0.39, 0.29) is 5.16 Å². The summed E-state index contributed by atoms with van der Waals surface area (Å²) in [6.07, 6.45) is 0. The van der Waals surface area contributed by atoms with E-state index in [9.17, 15) is 9.36 Å². The lowest BCUT2D eigenvalue weighted by Crippen LogP contribution is -2.39. The molecule has 114 valence electrons. The maximum Gasteiger partial charge on any atom is 0.331 e. The van der Waals surface area contributed by atoms with Crippen LogP contribution < -0.4 is 9.82 Å². The molecule has 0 fully saturated rings. The van der Waals surface area contributed by atoms with Crippen LogP contribution in [-0.2, 0) is 4.57 Å². The van der Waals surface area contributed by atoms with Gasteiger partial charge in [0.15, 0.2) is 0 Å². The quantitative estimate of drug-likeness (QED) is 0.675. The third-order valence-electron chi connectivity index (χ3n) is 3.07. The maximum atomic E-state index is 12.9. The monoisotopic (exact) mass is 329 g/mol. The predicted octanol–water partition coefficient (Wildman–Crippen LogP) is 3.73. The van der Waals surface area contributed by atoms with E-state index in [0.717, 1.165) is 10.4 Å². The van der Waals surface area contributed by atoms with Crippen molar-refractivity contribution >= 4 is 30.8 Å². The summed E-state index contributed by atoms with van der Waals surface area (Å²) >= 11 is 5.95. The zero-order valence-electron chi connectivity index (χ0n) is 12.0. The van der Waals surface area contributed by atoms with Crippen molar-refractivity contribution in [3.8, 4) is 5.75 Å². The van der Waals surface area contributed by atoms with Gasteiger partial charge in [-0.05, 0) is 31.2 Å². The summed E-state index contributed by atoms with van der Waals surface area (Å²) < 4.78 is 19.4. The van der Waals surface area contributed by atoms with Crippen molar-refractivity contribution in [3.63, 3.8) is 0 Å². The largest absolute Gasteiger partial charge is 0.494 e. The maximum absolute atomic E-state index is 12.9. The number of hydrogen-bond acceptors (Lipinski definition) is 3. The van der Waals surface area contributed by atoms with Gasteiger partial charge in [-0.2, -0.15) is 0 Å². The molecule has 21 heavy (non-hydrogen) atoms. The van der Waals surface area contributed by atoms with Crippen LogP contribution in [-0.4, -0.2) is 36.3 Å². The fourth-order valence-electron chi connectivity index (χ4n) is 1.84. The lowest BCUT2D eigenvalue weighted by atomic mass is 10.3. The summed E-state index contributed by atoms with van der Waals surface area (Å²) in [6.45, 7) is 2.48. The second-order valence-electron chi connectivity index (χ2n) is 4.51. The van der Waals surface area contributed by atoms with Gasteiger partial charge in [-0.3, -0.25) is 14.1 Å². The number of anilines is 1. The third kappa shape index (κ3) is 3.17. The molecule has 0 bridgehead atoms. The Morgan fingerprint density at radius 2 is 1.90 bits per heavy atom. The average Bonchev–Trinajstić information content (AvgIpc) is 2.45. The van der Waals surface area contributed by atoms with Crippen molar-refractivity contribution in [1.82, 2.24) is 9.57 Å². The Balaban J connectivity index is 2.25. The lowest BCUT2D eigenvalue weighted by Gasteiger charge is -2.35. The van der Waals surface area contributed by atoms with E-state index in [2.05, 4.69) is 5.09 Å². The number of nitrogens with one attached hydrogen (secondary N) is 1. The first-order chi connectivity index (χ1) is 9.87. The van der Waals surface area contributed by atoms with E-state index in [0.29, 0.717) is 12.3 Å². The first kappa shape index (κ1) is 15.7. The molecular weight excluding hydrogens is 313 g/mol. The van der Waals surface area contributed by atoms with Crippen molar-refractivity contribution in [1.29, 1.82) is 0 Å². The number of benzene rings is 1. The van der Waals surface area contributed by atoms with Crippen molar-refractivity contribution in [2.75, 3.05) is 25.8 Å². The number of nitrogens with zero attached hydrogens (tertiary/aromatic N) is 2. The average molecular weight is 330 g/mol. The van der Waals surface area contributed by atoms with Crippen LogP contribution in [0.15, 0.2) is 35.2 Å². The molecule has 0 spiro atoms. The molecule has 0 aliphatic carbocycles. The van der Waals surface area contributed by atoms with E-state index in [1.807, 2.05) is 6.92 Å². The van der Waals surface area contributed by atoms with Crippen LogP contribution in [0.5, 0.6) is 5.75 Å². The number of carbonyl (C=O) groups is 1. The molecule has 2 rings (SSSR count). The highest BCUT2D eigenvalue weighted by molar-refractivity contribution is 7.67. The lowest BCUT2D eigenvalue weighted by molar-refractivity contribution is 0.205. The molecule has 2 amide bonds. The summed E-state index contributed by atoms with van der Waals surface area (Å²) in [5, 5.41) is 3.01. The highest BCUT2D eigenvalue weighted by Gasteiger charge is 2.37. The van der Waals surface area contributed by atoms with Crippen LogP contribution in [0.3, 0.4) is 0 Å². The fourth-order valence-corrected chi connectivity index (χ4v) is 4.06. The van der Waals surface area contributed by atoms with Gasteiger partial charge in [0.05, 0.1) is 12.4 Å². The first-order valence-electron chi connectivity index (χ1n) is 6.38. The van der Waals surface area contributed by atoms with Gasteiger partial charge in [0, 0.05) is 19.8 Å². The van der Waals surface area contributed by atoms with Gasteiger partial charge in [-0.1, -0.05) is 11.6 Å². The topological polar surface area (TPSA) is 61.9 Å². The highest BCUT2D eigenvalue weighted by Crippen LogP contribution is 2.54. The van der Waals surface area contributed by atoms with Gasteiger partial charge in [-0.25, -0.2) is 4.79 Å². The van der Waals surface area contributed by atoms with Crippen molar-refractivity contribution in [2.45, 2.75) is 6.92 Å². The summed E-state index contributed by atoms with van der Waals surface area (Å²) in [4.78, 5) is 13.2. The Hall–Kier alpha value is -1.65. The van der Waals surface area contributed by atoms with Gasteiger partial charge < -0.3 is 9.82 Å². The normalized spacial score (nSPS) is 22.1. The number of amides is 2. The minimum Gasteiger partial charge on any atom is -0.494 e. The zero-order chi connectivity index (χ0) is 15.6. The molecular formula is C13H17ClN3O3P. The van der Waals surface area contributed by atoms with Crippen molar-refractivity contribution in [3.05, 3.63) is 35.2 Å². The second-order valence-corrected chi connectivity index (χ2v) is 7.22. The van der Waals surface area contributed by atoms with E-state index in [1.165, 1.54) is 24.8 Å². The number of carbonyl (C=O) groups excluding carboxylic acids is 1. The Kier molecular flexibility index (Phi) is 4.49. The van der Waals surface area contributed by atoms with Crippen molar-refractivity contribution in [2.24, 2.45) is 0 Å². The van der Waals surface area contributed by atoms with Gasteiger partial charge >= 0.3 is 6.03 Å². The molecule has 1 aromatic rings. The molecule has 1 aromatic carbocycles. The van der Waals surface area contributed by atoms with E-state index in [1.54, 1.807) is 24.3 Å². The molecule has 0 saturated heterocycles. The first-order valence-corrected chi connectivity index (χ1v) is 8.49. The molecule has 1 aliphatic rings. The van der Waals surface area contributed by atoms with E-state index >= 15 is 0 Å². The SMILES string of the molecule is CCOc1ccc(NP2(=O)C=C(Cl)N(C)C(=O)N2C)cc1. The van der Waals surface area contributed by atoms with Crippen LogP contribution >= 0.6 is 19.0 Å². The summed E-state index contributed by atoms with van der Waals surface area (Å²) in [7, 11) is -0.250. The minimum absolute atomic E-state index is 0.139. The smallest absolute Gasteiger partial charge is 0.331 e. The van der Waals surface area contributed by atoms with Crippen molar-refractivity contribution < 1.29 is 14.1 Å². The molecule has 1 heterocycles. The van der Waals surface area contributed by atoms with Crippen LogP contribution in [0.1, 0.15) is 6.92 Å². The summed E-state index contributed by atoms with van der Waals surface area (Å²) in [6, 6.07) is 6.58. The van der Waals surface area contributed by atoms with Crippen LogP contribution in [0, 0.1) is 0 Å². The van der Waals surface area contributed by atoms with Gasteiger partial charge in [0.2, 0.25) is 0 Å². The third-order valence-corrected chi connectivity index (χ3v) is 5.82. The number of urea groups is 1. The molecule has 0 aromatic heterocycles. The number of halogens is 1. The standard InChI is InChI=1S/C13H17ClN3O3P/c1-4-20-11-7-5-10(6-8-11)15-21(19)9-12(14)16(2)13(18)17(21)3/h5-9H,4H2,1-3H3,(H,15,19). The number of rotatable bonds is 4. The Morgan fingerprint density at radius 3 is 2.48 bits per heavy atom. The Labute approximate surface area is 128 Å². The molecule has 1 atom stereocenters. The molecule has 1 N–H and O–H groups in total. The fraction of sp³-hybridized carbons (Fsp3) is 0.308. The molecule has 8 heteroatoms. The summed E-state index contributed by atoms with van der Waals surface area (Å²) in [5.41, 5.74) is 0.617. The highest BCUT2D eigenvalue weighted by atomic mass is 35.5. The van der Waals surface area contributed by atoms with E-state index < -0.39 is 13.5 Å². The second kappa shape index (κ2) is 6.00. The number of ether oxygens (including phenoxy) is 1. The van der Waals surface area contributed by atoms with Crippen LogP contribution in [0.25, 0.3) is 0 Å². The Morgan fingerprint density at radius 1 is 1.29 bits per heavy atom. The Bertz CT molecular complexity index is 618. The molecule has 1 unspecified atom stereocenters. The predicted molar refractivity (Wildman–Crippen MR) is 83.7 cm³/mol. The number of hydrogen-bond donors (Lipinski definition) is 1. The molecule has 1 aliphatic heterocycles. The van der Waals surface area contributed by atoms with Gasteiger partial charge in [0.1, 0.15) is 10.9 Å². The molecule has 0 saturated carbocycles. The van der Waals surface area contributed by atoms with Crippen LogP contribution in [0.4, 0.5) is 10.5 Å². The molecule has 0 radical (unpaired) electrons. The summed E-state index contributed by atoms with van der Waals surface area (Å²) in [5.74, 6) is 2.09. The van der Waals surface area contributed by atoms with E-state index in [4.69, 9.17) is 16.3 Å². The molecule has 6 nitrogen and oxygen atoms in total.